The summed E-state index contributed by atoms with van der Waals surface area (Å²) in [5, 5.41) is 3.12. The minimum Gasteiger partial charge on any atom is -0.356 e. The number of amides is 1. The standard InChI is InChI=1S/C14H24ClNO/c15-9-12-6-3-7-13(12)10-16-14(17)8-11-4-1-2-5-11/h11-13H,1-10H2,(H,16,17). The Morgan fingerprint density at radius 3 is 2.47 bits per heavy atom. The first-order chi connectivity index (χ1) is 8.29. The Hall–Kier alpha value is -0.240. The maximum absolute atomic E-state index is 11.8. The van der Waals surface area contributed by atoms with Crippen molar-refractivity contribution in [1.29, 1.82) is 0 Å². The van der Waals surface area contributed by atoms with Crippen LogP contribution in [0.5, 0.6) is 0 Å². The van der Waals surface area contributed by atoms with Gasteiger partial charge in [0.2, 0.25) is 5.91 Å². The minimum absolute atomic E-state index is 0.261. The first-order valence-corrected chi connectivity index (χ1v) is 7.65. The van der Waals surface area contributed by atoms with Crippen LogP contribution in [0.1, 0.15) is 51.4 Å². The van der Waals surface area contributed by atoms with Crippen LogP contribution < -0.4 is 5.32 Å². The third-order valence-electron chi connectivity index (χ3n) is 4.52. The van der Waals surface area contributed by atoms with Crippen LogP contribution >= 0.6 is 11.6 Å². The van der Waals surface area contributed by atoms with Crippen molar-refractivity contribution < 1.29 is 4.79 Å². The van der Waals surface area contributed by atoms with E-state index in [1.807, 2.05) is 0 Å². The summed E-state index contributed by atoms with van der Waals surface area (Å²) in [7, 11) is 0. The van der Waals surface area contributed by atoms with Crippen molar-refractivity contribution in [3.8, 4) is 0 Å². The molecule has 2 saturated carbocycles. The van der Waals surface area contributed by atoms with E-state index in [1.165, 1.54) is 44.9 Å². The highest BCUT2D eigenvalue weighted by atomic mass is 35.5. The molecular formula is C14H24ClNO. The first kappa shape index (κ1) is 13.2. The van der Waals surface area contributed by atoms with Gasteiger partial charge in [-0.05, 0) is 43.4 Å². The molecule has 0 radical (unpaired) electrons. The zero-order chi connectivity index (χ0) is 12.1. The molecule has 2 fully saturated rings. The molecule has 2 atom stereocenters. The van der Waals surface area contributed by atoms with E-state index in [0.29, 0.717) is 17.8 Å². The molecule has 0 aromatic heterocycles. The molecule has 2 aliphatic rings. The molecule has 0 spiro atoms. The highest BCUT2D eigenvalue weighted by Crippen LogP contribution is 2.32. The second-order valence-electron chi connectivity index (χ2n) is 5.76. The molecule has 17 heavy (non-hydrogen) atoms. The molecule has 2 rings (SSSR count). The van der Waals surface area contributed by atoms with E-state index in [-0.39, 0.29) is 5.91 Å². The van der Waals surface area contributed by atoms with Crippen LogP contribution in [-0.4, -0.2) is 18.3 Å². The minimum atomic E-state index is 0.261. The van der Waals surface area contributed by atoms with Gasteiger partial charge in [0, 0.05) is 18.8 Å². The number of halogens is 1. The largest absolute Gasteiger partial charge is 0.356 e. The summed E-state index contributed by atoms with van der Waals surface area (Å²) in [5.74, 6) is 2.92. The van der Waals surface area contributed by atoms with Crippen molar-refractivity contribution in [2.45, 2.75) is 51.4 Å². The molecule has 0 heterocycles. The average Bonchev–Trinajstić information content (AvgIpc) is 2.96. The SMILES string of the molecule is O=C(CC1CCCC1)NCC1CCCC1CCl. The lowest BCUT2D eigenvalue weighted by molar-refractivity contribution is -0.122. The summed E-state index contributed by atoms with van der Waals surface area (Å²) in [6.45, 7) is 0.850. The van der Waals surface area contributed by atoms with Gasteiger partial charge in [0.25, 0.3) is 0 Å². The van der Waals surface area contributed by atoms with E-state index >= 15 is 0 Å². The topological polar surface area (TPSA) is 29.1 Å². The summed E-state index contributed by atoms with van der Waals surface area (Å²) in [4.78, 5) is 11.8. The lowest BCUT2D eigenvalue weighted by Gasteiger charge is -2.18. The van der Waals surface area contributed by atoms with Crippen LogP contribution in [0.2, 0.25) is 0 Å². The molecule has 1 amide bonds. The van der Waals surface area contributed by atoms with Crippen LogP contribution in [0, 0.1) is 17.8 Å². The van der Waals surface area contributed by atoms with Crippen molar-refractivity contribution in [3.63, 3.8) is 0 Å². The number of hydrogen-bond acceptors (Lipinski definition) is 1. The molecule has 2 aliphatic carbocycles. The van der Waals surface area contributed by atoms with Crippen LogP contribution in [0.15, 0.2) is 0 Å². The third kappa shape index (κ3) is 3.87. The molecule has 0 saturated heterocycles. The zero-order valence-corrected chi connectivity index (χ0v) is 11.3. The maximum atomic E-state index is 11.8. The smallest absolute Gasteiger partial charge is 0.220 e. The number of alkyl halides is 1. The van der Waals surface area contributed by atoms with Crippen molar-refractivity contribution in [1.82, 2.24) is 5.32 Å². The maximum Gasteiger partial charge on any atom is 0.220 e. The summed E-state index contributed by atoms with van der Waals surface area (Å²) < 4.78 is 0. The lowest BCUT2D eigenvalue weighted by atomic mass is 9.97. The number of carbonyl (C=O) groups is 1. The van der Waals surface area contributed by atoms with Gasteiger partial charge in [0.1, 0.15) is 0 Å². The molecule has 0 aliphatic heterocycles. The van der Waals surface area contributed by atoms with Crippen molar-refractivity contribution >= 4 is 17.5 Å². The van der Waals surface area contributed by atoms with E-state index in [2.05, 4.69) is 5.32 Å². The quantitative estimate of drug-likeness (QED) is 0.752. The number of nitrogens with one attached hydrogen (secondary N) is 1. The highest BCUT2D eigenvalue weighted by Gasteiger charge is 2.27. The summed E-state index contributed by atoms with van der Waals surface area (Å²) in [6.07, 6.45) is 9.64. The Morgan fingerprint density at radius 2 is 1.76 bits per heavy atom. The Balaban J connectivity index is 1.65. The Labute approximate surface area is 109 Å². The molecule has 1 N–H and O–H groups in total. The van der Waals surface area contributed by atoms with Gasteiger partial charge in [-0.1, -0.05) is 19.3 Å². The predicted molar refractivity (Wildman–Crippen MR) is 71.1 cm³/mol. The Kier molecular flexibility index (Phi) is 5.15. The molecule has 0 aromatic rings. The summed E-state index contributed by atoms with van der Waals surface area (Å²) in [6, 6.07) is 0. The summed E-state index contributed by atoms with van der Waals surface area (Å²) in [5.41, 5.74) is 0. The number of hydrogen-bond donors (Lipinski definition) is 1. The monoisotopic (exact) mass is 257 g/mol. The molecule has 98 valence electrons. The zero-order valence-electron chi connectivity index (χ0n) is 10.6. The number of rotatable bonds is 5. The van der Waals surface area contributed by atoms with E-state index in [0.717, 1.165) is 18.8 Å². The first-order valence-electron chi connectivity index (χ1n) is 7.12. The molecule has 2 nitrogen and oxygen atoms in total. The predicted octanol–water partition coefficient (Wildman–Crippen LogP) is 3.34. The molecule has 3 heteroatoms. The van der Waals surface area contributed by atoms with Crippen molar-refractivity contribution in [3.05, 3.63) is 0 Å². The normalized spacial score (nSPS) is 29.7. The second-order valence-corrected chi connectivity index (χ2v) is 6.07. The second kappa shape index (κ2) is 6.63. The third-order valence-corrected chi connectivity index (χ3v) is 4.92. The number of carbonyl (C=O) groups excluding carboxylic acids is 1. The van der Waals surface area contributed by atoms with Gasteiger partial charge < -0.3 is 5.32 Å². The molecule has 0 bridgehead atoms. The van der Waals surface area contributed by atoms with Gasteiger partial charge in [-0.3, -0.25) is 4.79 Å². The van der Waals surface area contributed by atoms with Gasteiger partial charge >= 0.3 is 0 Å². The Bertz CT molecular complexity index is 251. The van der Waals surface area contributed by atoms with E-state index in [1.54, 1.807) is 0 Å². The van der Waals surface area contributed by atoms with Crippen molar-refractivity contribution in [2.24, 2.45) is 17.8 Å². The molecular weight excluding hydrogens is 234 g/mol. The van der Waals surface area contributed by atoms with Gasteiger partial charge in [0.15, 0.2) is 0 Å². The van der Waals surface area contributed by atoms with E-state index in [9.17, 15) is 4.79 Å². The van der Waals surface area contributed by atoms with Crippen LogP contribution in [0.25, 0.3) is 0 Å². The van der Waals surface area contributed by atoms with Crippen LogP contribution in [0.3, 0.4) is 0 Å². The van der Waals surface area contributed by atoms with Gasteiger partial charge in [-0.15, -0.1) is 11.6 Å². The van der Waals surface area contributed by atoms with Gasteiger partial charge in [-0.25, -0.2) is 0 Å². The molecule has 0 aromatic carbocycles. The van der Waals surface area contributed by atoms with Gasteiger partial charge in [0.05, 0.1) is 0 Å². The van der Waals surface area contributed by atoms with Crippen molar-refractivity contribution in [2.75, 3.05) is 12.4 Å². The Morgan fingerprint density at radius 1 is 1.06 bits per heavy atom. The van der Waals surface area contributed by atoms with E-state index in [4.69, 9.17) is 11.6 Å². The van der Waals surface area contributed by atoms with Crippen LogP contribution in [0.4, 0.5) is 0 Å². The van der Waals surface area contributed by atoms with Crippen LogP contribution in [-0.2, 0) is 4.79 Å². The van der Waals surface area contributed by atoms with Gasteiger partial charge in [-0.2, -0.15) is 0 Å². The van der Waals surface area contributed by atoms with E-state index < -0.39 is 0 Å². The average molecular weight is 258 g/mol. The fraction of sp³-hybridized carbons (Fsp3) is 0.929. The molecule has 2 unspecified atom stereocenters. The summed E-state index contributed by atoms with van der Waals surface area (Å²) >= 11 is 5.94. The fourth-order valence-corrected chi connectivity index (χ4v) is 3.79. The lowest BCUT2D eigenvalue weighted by Crippen LogP contribution is -2.32. The fourth-order valence-electron chi connectivity index (χ4n) is 3.38. The highest BCUT2D eigenvalue weighted by molar-refractivity contribution is 6.18.